The molecule has 0 bridgehead atoms. The van der Waals surface area contributed by atoms with E-state index in [0.717, 1.165) is 11.3 Å². The summed E-state index contributed by atoms with van der Waals surface area (Å²) in [5.74, 6) is 0.299. The van der Waals surface area contributed by atoms with Gasteiger partial charge in [-0.25, -0.2) is 0 Å². The minimum Gasteiger partial charge on any atom is -0.346 e. The average molecular weight is 259 g/mol. The van der Waals surface area contributed by atoms with Crippen LogP contribution in [-0.2, 0) is 4.79 Å². The number of thioether (sulfide) groups is 1. The normalized spacial score (nSPS) is 21.7. The van der Waals surface area contributed by atoms with E-state index in [1.807, 2.05) is 6.07 Å². The summed E-state index contributed by atoms with van der Waals surface area (Å²) in [6, 6.07) is 8.30. The van der Waals surface area contributed by atoms with E-state index in [0.29, 0.717) is 12.2 Å². The topological polar surface area (TPSA) is 20.3 Å². The van der Waals surface area contributed by atoms with Crippen molar-refractivity contribution in [3.05, 3.63) is 34.9 Å². The van der Waals surface area contributed by atoms with Crippen LogP contribution < -0.4 is 4.90 Å². The highest BCUT2D eigenvalue weighted by molar-refractivity contribution is 8.04. The van der Waals surface area contributed by atoms with Crippen LogP contribution in [0.3, 0.4) is 0 Å². The number of ketones is 1. The molecule has 1 heterocycles. The van der Waals surface area contributed by atoms with Gasteiger partial charge in [0.25, 0.3) is 0 Å². The minimum absolute atomic E-state index is 0.0804. The number of para-hydroxylation sites is 1. The van der Waals surface area contributed by atoms with Gasteiger partial charge in [0.1, 0.15) is 0 Å². The molecule has 0 unspecified atom stereocenters. The van der Waals surface area contributed by atoms with Gasteiger partial charge in [0.15, 0.2) is 5.78 Å². The summed E-state index contributed by atoms with van der Waals surface area (Å²) in [6.45, 7) is 4.35. The molecular weight excluding hydrogens is 242 g/mol. The van der Waals surface area contributed by atoms with Gasteiger partial charge in [-0.15, -0.1) is 0 Å². The predicted octanol–water partition coefficient (Wildman–Crippen LogP) is 3.83. The van der Waals surface area contributed by atoms with Crippen LogP contribution in [0.1, 0.15) is 26.7 Å². The third-order valence-corrected chi connectivity index (χ3v) is 4.88. The molecule has 0 spiro atoms. The molecule has 1 aliphatic carbocycles. The maximum atomic E-state index is 12.3. The molecule has 18 heavy (non-hydrogen) atoms. The Hall–Kier alpha value is -1.22. The molecule has 3 rings (SSSR count). The Balaban J connectivity index is 2.10. The number of fused-ring (bicyclic) bond motifs is 1. The predicted molar refractivity (Wildman–Crippen MR) is 75.8 cm³/mol. The highest BCUT2D eigenvalue weighted by Gasteiger charge is 2.37. The van der Waals surface area contributed by atoms with Crippen molar-refractivity contribution in [3.63, 3.8) is 0 Å². The fraction of sp³-hybridized carbons (Fsp3) is 0.400. The van der Waals surface area contributed by atoms with E-state index in [1.54, 1.807) is 11.8 Å². The molecule has 2 nitrogen and oxygen atoms in total. The van der Waals surface area contributed by atoms with Crippen molar-refractivity contribution in [2.45, 2.75) is 31.6 Å². The molecular formula is C15H17NOS. The number of hydrogen-bond acceptors (Lipinski definition) is 3. The molecule has 94 valence electrons. The first kappa shape index (κ1) is 11.8. The van der Waals surface area contributed by atoms with Crippen molar-refractivity contribution < 1.29 is 4.79 Å². The van der Waals surface area contributed by atoms with Gasteiger partial charge in [-0.3, -0.25) is 4.79 Å². The van der Waals surface area contributed by atoms with Gasteiger partial charge < -0.3 is 4.90 Å². The Kier molecular flexibility index (Phi) is 2.56. The number of hydrogen-bond donors (Lipinski definition) is 0. The van der Waals surface area contributed by atoms with Crippen LogP contribution >= 0.6 is 11.8 Å². The fourth-order valence-corrected chi connectivity index (χ4v) is 3.92. The summed E-state index contributed by atoms with van der Waals surface area (Å²) in [7, 11) is 2.07. The first-order chi connectivity index (χ1) is 8.48. The first-order valence-electron chi connectivity index (χ1n) is 6.25. The number of rotatable bonds is 0. The number of carbonyl (C=O) groups is 1. The Labute approximate surface area is 112 Å². The lowest BCUT2D eigenvalue weighted by Gasteiger charge is -2.39. The second-order valence-electron chi connectivity index (χ2n) is 5.85. The van der Waals surface area contributed by atoms with E-state index >= 15 is 0 Å². The molecule has 0 N–H and O–H groups in total. The lowest BCUT2D eigenvalue weighted by Crippen LogP contribution is -2.33. The van der Waals surface area contributed by atoms with Crippen LogP contribution in [0.2, 0.25) is 0 Å². The van der Waals surface area contributed by atoms with Crippen LogP contribution in [-0.4, -0.2) is 12.8 Å². The summed E-state index contributed by atoms with van der Waals surface area (Å²) in [5.41, 5.74) is 2.49. The van der Waals surface area contributed by atoms with Gasteiger partial charge in [0, 0.05) is 24.1 Å². The van der Waals surface area contributed by atoms with E-state index in [2.05, 4.69) is 44.0 Å². The van der Waals surface area contributed by atoms with Crippen molar-refractivity contribution in [2.24, 2.45) is 5.41 Å². The van der Waals surface area contributed by atoms with Crippen molar-refractivity contribution in [1.82, 2.24) is 0 Å². The van der Waals surface area contributed by atoms with Crippen LogP contribution in [0.4, 0.5) is 5.69 Å². The fourth-order valence-electron chi connectivity index (χ4n) is 2.73. The molecule has 0 radical (unpaired) electrons. The van der Waals surface area contributed by atoms with E-state index in [4.69, 9.17) is 0 Å². The zero-order chi connectivity index (χ0) is 12.9. The van der Waals surface area contributed by atoms with Crippen molar-refractivity contribution >= 4 is 23.2 Å². The summed E-state index contributed by atoms with van der Waals surface area (Å²) >= 11 is 1.64. The van der Waals surface area contributed by atoms with E-state index in [1.165, 1.54) is 16.3 Å². The van der Waals surface area contributed by atoms with Crippen molar-refractivity contribution in [1.29, 1.82) is 0 Å². The molecule has 1 aromatic carbocycles. The van der Waals surface area contributed by atoms with E-state index in [-0.39, 0.29) is 5.41 Å². The maximum Gasteiger partial charge on any atom is 0.171 e. The van der Waals surface area contributed by atoms with Crippen molar-refractivity contribution in [3.8, 4) is 0 Å². The molecule has 3 heteroatoms. The van der Waals surface area contributed by atoms with Gasteiger partial charge in [-0.1, -0.05) is 37.7 Å². The third kappa shape index (κ3) is 1.77. The molecule has 1 aliphatic heterocycles. The molecule has 0 amide bonds. The standard InChI is InChI=1S/C15H17NOS/c1-15(2)8-11-14(12(17)9-15)18-13-7-5-4-6-10(13)16(11)3/h4-7H,8-9H2,1-3H3. The summed E-state index contributed by atoms with van der Waals surface area (Å²) in [6.07, 6.45) is 1.64. The highest BCUT2D eigenvalue weighted by Crippen LogP contribution is 2.50. The Morgan fingerprint density at radius 2 is 1.94 bits per heavy atom. The zero-order valence-corrected chi connectivity index (χ0v) is 11.8. The van der Waals surface area contributed by atoms with Gasteiger partial charge >= 0.3 is 0 Å². The quantitative estimate of drug-likeness (QED) is 0.706. The lowest BCUT2D eigenvalue weighted by atomic mass is 9.78. The number of nitrogens with zero attached hydrogens (tertiary/aromatic N) is 1. The molecule has 0 fully saturated rings. The van der Waals surface area contributed by atoms with Crippen LogP contribution in [0, 0.1) is 5.41 Å². The Morgan fingerprint density at radius 3 is 2.72 bits per heavy atom. The number of benzene rings is 1. The largest absolute Gasteiger partial charge is 0.346 e. The van der Waals surface area contributed by atoms with Gasteiger partial charge in [-0.2, -0.15) is 0 Å². The molecule has 2 aliphatic rings. The molecule has 1 aromatic rings. The van der Waals surface area contributed by atoms with Crippen LogP contribution in [0.15, 0.2) is 39.8 Å². The summed E-state index contributed by atoms with van der Waals surface area (Å²) < 4.78 is 0. The molecule has 0 saturated heterocycles. The van der Waals surface area contributed by atoms with Gasteiger partial charge in [0.2, 0.25) is 0 Å². The SMILES string of the molecule is CN1C2=C(Sc3ccccc31)C(=O)CC(C)(C)C2. The number of anilines is 1. The second kappa shape index (κ2) is 3.89. The Morgan fingerprint density at radius 1 is 1.22 bits per heavy atom. The number of Topliss-reactive ketones (excluding diaryl/α,β-unsaturated/α-hetero) is 1. The maximum absolute atomic E-state index is 12.3. The Bertz CT molecular complexity index is 559. The third-order valence-electron chi connectivity index (χ3n) is 3.64. The zero-order valence-electron chi connectivity index (χ0n) is 11.0. The minimum atomic E-state index is 0.0804. The summed E-state index contributed by atoms with van der Waals surface area (Å²) in [5, 5.41) is 0. The van der Waals surface area contributed by atoms with E-state index in [9.17, 15) is 4.79 Å². The summed E-state index contributed by atoms with van der Waals surface area (Å²) in [4.78, 5) is 16.6. The van der Waals surface area contributed by atoms with E-state index < -0.39 is 0 Å². The smallest absolute Gasteiger partial charge is 0.171 e. The number of allylic oxidation sites excluding steroid dienone is 2. The molecule has 0 atom stereocenters. The van der Waals surface area contributed by atoms with Crippen LogP contribution in [0.5, 0.6) is 0 Å². The highest BCUT2D eigenvalue weighted by atomic mass is 32.2. The second-order valence-corrected chi connectivity index (χ2v) is 6.90. The molecule has 0 saturated carbocycles. The monoisotopic (exact) mass is 259 g/mol. The average Bonchev–Trinajstić information content (AvgIpc) is 2.30. The first-order valence-corrected chi connectivity index (χ1v) is 7.06. The molecule has 0 aromatic heterocycles. The van der Waals surface area contributed by atoms with Gasteiger partial charge in [-0.05, 0) is 24.0 Å². The van der Waals surface area contributed by atoms with Gasteiger partial charge in [0.05, 0.1) is 10.6 Å². The lowest BCUT2D eigenvalue weighted by molar-refractivity contribution is -0.117. The van der Waals surface area contributed by atoms with Crippen molar-refractivity contribution in [2.75, 3.05) is 11.9 Å². The number of carbonyl (C=O) groups excluding carboxylic acids is 1. The van der Waals surface area contributed by atoms with Crippen LogP contribution in [0.25, 0.3) is 0 Å².